The Hall–Kier alpha value is -2.04. The third-order valence-electron chi connectivity index (χ3n) is 2.55. The van der Waals surface area contributed by atoms with Gasteiger partial charge in [-0.2, -0.15) is 0 Å². The number of carboxylic acid groups (broad SMARTS) is 1. The van der Waals surface area contributed by atoms with E-state index in [1.54, 1.807) is 12.1 Å². The highest BCUT2D eigenvalue weighted by Gasteiger charge is 2.26. The summed E-state index contributed by atoms with van der Waals surface area (Å²) < 4.78 is 15.7. The van der Waals surface area contributed by atoms with Crippen molar-refractivity contribution >= 4 is 20.9 Å². The zero-order valence-electron chi connectivity index (χ0n) is 11.0. The molecule has 0 atom stereocenters. The number of phosphoric acid groups is 1. The molecule has 0 amide bonds. The maximum absolute atomic E-state index is 10.9. The lowest BCUT2D eigenvalue weighted by Gasteiger charge is -2.07. The minimum Gasteiger partial charge on any atom is -0.478 e. The van der Waals surface area contributed by atoms with Crippen LogP contribution in [0.1, 0.15) is 10.4 Å². The molecule has 116 valence electrons. The second kappa shape index (κ2) is 6.38. The van der Waals surface area contributed by atoms with Gasteiger partial charge in [0.1, 0.15) is 5.69 Å². The van der Waals surface area contributed by atoms with Crippen molar-refractivity contribution in [2.45, 2.75) is 6.44 Å². The summed E-state index contributed by atoms with van der Waals surface area (Å²) in [6, 6.07) is 6.00. The molecule has 1 aromatic carbocycles. The number of carbonyl (C=O) groups is 1. The number of benzene rings is 1. The van der Waals surface area contributed by atoms with E-state index in [0.29, 0.717) is 11.3 Å². The number of hydrogen-bond acceptors (Lipinski definition) is 6. The average molecular weight is 327 g/mol. The van der Waals surface area contributed by atoms with Gasteiger partial charge in [0.25, 0.3) is 0 Å². The molecule has 12 heteroatoms. The summed E-state index contributed by atoms with van der Waals surface area (Å²) in [7, 11) is -6.57. The smallest absolute Gasteiger partial charge is 0.478 e. The van der Waals surface area contributed by atoms with Crippen molar-refractivity contribution < 1.29 is 33.7 Å². The number of carboxylic acids is 1. The lowest BCUT2D eigenvalue weighted by molar-refractivity contribution is 0.0697. The van der Waals surface area contributed by atoms with Crippen LogP contribution in [0.2, 0.25) is 0 Å². The van der Waals surface area contributed by atoms with Crippen molar-refractivity contribution in [1.29, 1.82) is 0 Å². The van der Waals surface area contributed by atoms with Gasteiger partial charge in [-0.25, -0.2) is 9.36 Å². The Morgan fingerprint density at radius 1 is 1.41 bits per heavy atom. The highest BCUT2D eigenvalue weighted by atomic mass is 31.2. The van der Waals surface area contributed by atoms with Gasteiger partial charge in [-0.3, -0.25) is 4.68 Å². The summed E-state index contributed by atoms with van der Waals surface area (Å²) in [5.74, 6) is -1.08. The van der Waals surface area contributed by atoms with E-state index in [1.807, 2.05) is 0 Å². The second-order valence-electron chi connectivity index (χ2n) is 4.26. The molecule has 0 aliphatic heterocycles. The van der Waals surface area contributed by atoms with E-state index in [-0.39, 0.29) is 12.0 Å². The zero-order chi connectivity index (χ0) is 16.3. The number of aromatic carboxylic acids is 1. The fourth-order valence-corrected chi connectivity index (χ4v) is 2.07. The Morgan fingerprint density at radius 3 is 2.77 bits per heavy atom. The minimum atomic E-state index is -4.80. The van der Waals surface area contributed by atoms with Crippen molar-refractivity contribution in [3.8, 4) is 11.3 Å². The first kappa shape index (κ1) is 16.3. The lowest BCUT2D eigenvalue weighted by Crippen LogP contribution is -2.24. The molecule has 22 heavy (non-hydrogen) atoms. The van der Waals surface area contributed by atoms with Gasteiger partial charge in [0.2, 0.25) is 0 Å². The monoisotopic (exact) mass is 327 g/mol. The van der Waals surface area contributed by atoms with Gasteiger partial charge >= 0.3 is 20.9 Å². The van der Waals surface area contributed by atoms with Crippen LogP contribution < -0.4 is 0 Å². The van der Waals surface area contributed by atoms with E-state index in [2.05, 4.69) is 14.8 Å². The molecule has 0 radical (unpaired) electrons. The molecule has 4 N–H and O–H groups in total. The van der Waals surface area contributed by atoms with E-state index < -0.39 is 20.9 Å². The van der Waals surface area contributed by atoms with Crippen LogP contribution in [0, 0.1) is 0 Å². The zero-order valence-corrected chi connectivity index (χ0v) is 11.9. The molecule has 2 aromatic rings. The second-order valence-corrected chi connectivity index (χ2v) is 5.45. The van der Waals surface area contributed by atoms with Gasteiger partial charge in [0.05, 0.1) is 18.2 Å². The van der Waals surface area contributed by atoms with Gasteiger partial charge in [0.15, 0.2) is 0 Å². The largest absolute Gasteiger partial charge is 0.486 e. The SMILES string of the molecule is O=C(O)c1cccc(-c2cn(CB(O)OP(=O)(O)O)nn2)c1. The third-order valence-corrected chi connectivity index (χ3v) is 3.06. The molecule has 0 bridgehead atoms. The topological polar surface area (TPSA) is 155 Å². The van der Waals surface area contributed by atoms with Crippen LogP contribution in [0.15, 0.2) is 30.5 Å². The maximum Gasteiger partial charge on any atom is 0.486 e. The molecule has 2 rings (SSSR count). The quantitative estimate of drug-likeness (QED) is 0.416. The van der Waals surface area contributed by atoms with Crippen LogP contribution in [-0.2, 0) is 15.5 Å². The highest BCUT2D eigenvalue weighted by Crippen LogP contribution is 2.36. The molecule has 0 unspecified atom stereocenters. The molecule has 0 spiro atoms. The molecule has 0 aliphatic carbocycles. The molecule has 1 heterocycles. The van der Waals surface area contributed by atoms with Gasteiger partial charge < -0.3 is 24.4 Å². The van der Waals surface area contributed by atoms with Crippen molar-refractivity contribution in [2.24, 2.45) is 0 Å². The molecule has 10 nitrogen and oxygen atoms in total. The van der Waals surface area contributed by atoms with Crippen LogP contribution in [0.4, 0.5) is 0 Å². The minimum absolute atomic E-state index is 0.0805. The van der Waals surface area contributed by atoms with Gasteiger partial charge in [0, 0.05) is 5.56 Å². The highest BCUT2D eigenvalue weighted by molar-refractivity contribution is 7.47. The summed E-state index contributed by atoms with van der Waals surface area (Å²) in [5.41, 5.74) is 0.917. The number of hydrogen-bond donors (Lipinski definition) is 4. The Labute approximate surface area is 124 Å². The van der Waals surface area contributed by atoms with Crippen LogP contribution in [0.3, 0.4) is 0 Å². The van der Waals surface area contributed by atoms with E-state index in [4.69, 9.17) is 14.9 Å². The molecule has 1 aromatic heterocycles. The molecule has 0 saturated carbocycles. The summed E-state index contributed by atoms with van der Waals surface area (Å²) >= 11 is 0. The maximum atomic E-state index is 10.9. The van der Waals surface area contributed by atoms with E-state index in [1.165, 1.54) is 18.3 Å². The van der Waals surface area contributed by atoms with Gasteiger partial charge in [-0.1, -0.05) is 17.3 Å². The van der Waals surface area contributed by atoms with Gasteiger partial charge in [-0.05, 0) is 12.1 Å². The van der Waals surface area contributed by atoms with E-state index >= 15 is 0 Å². The summed E-state index contributed by atoms with van der Waals surface area (Å²) in [5, 5.41) is 25.7. The fraction of sp³-hybridized carbons (Fsp3) is 0.100. The average Bonchev–Trinajstić information content (AvgIpc) is 2.85. The standard InChI is InChI=1S/C10H11BN3O7P/c15-10(16)8-3-1-2-7(4-8)9-5-14(13-12-9)6-11(17)21-22(18,19)20/h1-5,17H,6H2,(H,15,16)(H2,18,19,20). The number of nitrogens with zero attached hydrogens (tertiary/aromatic N) is 3. The first-order chi connectivity index (χ1) is 10.2. The lowest BCUT2D eigenvalue weighted by atomic mass is 9.93. The van der Waals surface area contributed by atoms with Crippen molar-refractivity contribution in [1.82, 2.24) is 15.0 Å². The van der Waals surface area contributed by atoms with Crippen LogP contribution in [0.25, 0.3) is 11.3 Å². The third kappa shape index (κ3) is 4.48. The normalized spacial score (nSPS) is 11.4. The summed E-state index contributed by atoms with van der Waals surface area (Å²) in [6.07, 6.45) is 1.03. The summed E-state index contributed by atoms with van der Waals surface area (Å²) in [4.78, 5) is 28.0. The number of rotatable bonds is 6. The van der Waals surface area contributed by atoms with Crippen LogP contribution in [0.5, 0.6) is 0 Å². The molecule has 0 aliphatic rings. The fourth-order valence-electron chi connectivity index (χ4n) is 1.68. The van der Waals surface area contributed by atoms with Crippen LogP contribution in [-0.4, -0.2) is 48.0 Å². The Morgan fingerprint density at radius 2 is 2.14 bits per heavy atom. The van der Waals surface area contributed by atoms with Crippen molar-refractivity contribution in [3.05, 3.63) is 36.0 Å². The van der Waals surface area contributed by atoms with Crippen LogP contribution >= 0.6 is 7.82 Å². The Bertz CT molecular complexity index is 731. The van der Waals surface area contributed by atoms with E-state index in [9.17, 15) is 14.4 Å². The molecular formula is C10H11BN3O7P. The molecule has 0 fully saturated rings. The predicted octanol–water partition coefficient (Wildman–Crippen LogP) is -0.228. The molecule has 0 saturated heterocycles. The molecular weight excluding hydrogens is 316 g/mol. The van der Waals surface area contributed by atoms with Crippen molar-refractivity contribution in [2.75, 3.05) is 0 Å². The first-order valence-corrected chi connectivity index (χ1v) is 7.43. The van der Waals surface area contributed by atoms with E-state index in [0.717, 1.165) is 4.68 Å². The first-order valence-electron chi connectivity index (χ1n) is 5.90. The Kier molecular flexibility index (Phi) is 4.74. The number of aromatic nitrogens is 3. The summed E-state index contributed by atoms with van der Waals surface area (Å²) in [6.45, 7) is 0. The Balaban J connectivity index is 2.13. The van der Waals surface area contributed by atoms with Gasteiger partial charge in [-0.15, -0.1) is 5.10 Å². The predicted molar refractivity (Wildman–Crippen MR) is 73.5 cm³/mol. The van der Waals surface area contributed by atoms with Crippen molar-refractivity contribution in [3.63, 3.8) is 0 Å².